The van der Waals surface area contributed by atoms with Crippen molar-refractivity contribution in [2.24, 2.45) is 17.6 Å². The molecule has 6 heteroatoms. The predicted molar refractivity (Wildman–Crippen MR) is 103 cm³/mol. The normalized spacial score (nSPS) is 15.5. The van der Waals surface area contributed by atoms with Gasteiger partial charge in [0, 0.05) is 12.1 Å². The minimum Gasteiger partial charge on any atom is -0.491 e. The lowest BCUT2D eigenvalue weighted by Gasteiger charge is -2.21. The monoisotopic (exact) mass is 378 g/mol. The van der Waals surface area contributed by atoms with Crippen LogP contribution in [0.3, 0.4) is 0 Å². The second-order valence-corrected chi connectivity index (χ2v) is 6.61. The smallest absolute Gasteiger partial charge is 0.229 e. The van der Waals surface area contributed by atoms with Crippen LogP contribution >= 0.6 is 12.4 Å². The zero-order valence-electron chi connectivity index (χ0n) is 14.7. The molecule has 0 heterocycles. The molecule has 2 atom stereocenters. The van der Waals surface area contributed by atoms with Gasteiger partial charge in [0.2, 0.25) is 5.91 Å². The van der Waals surface area contributed by atoms with Gasteiger partial charge in [0.25, 0.3) is 0 Å². The maximum Gasteiger partial charge on any atom is 0.229 e. The lowest BCUT2D eigenvalue weighted by Crippen LogP contribution is -2.30. The molecule has 0 aliphatic heterocycles. The third-order valence-electron chi connectivity index (χ3n) is 4.51. The van der Waals surface area contributed by atoms with Crippen LogP contribution in [0.25, 0.3) is 0 Å². The van der Waals surface area contributed by atoms with Crippen molar-refractivity contribution in [3.05, 3.63) is 59.9 Å². The lowest BCUT2D eigenvalue weighted by atomic mass is 9.94. The molecule has 2 unspecified atom stereocenters. The van der Waals surface area contributed by atoms with E-state index in [9.17, 15) is 9.18 Å². The van der Waals surface area contributed by atoms with Crippen LogP contribution in [0.1, 0.15) is 31.4 Å². The van der Waals surface area contributed by atoms with E-state index >= 15 is 0 Å². The van der Waals surface area contributed by atoms with Gasteiger partial charge in [-0.15, -0.1) is 12.4 Å². The van der Waals surface area contributed by atoms with Gasteiger partial charge in [-0.2, -0.15) is 0 Å². The number of hydrogen-bond donors (Lipinski definition) is 2. The molecule has 0 bridgehead atoms. The van der Waals surface area contributed by atoms with Gasteiger partial charge in [0.05, 0.1) is 18.2 Å². The van der Waals surface area contributed by atoms with Crippen LogP contribution in [0.2, 0.25) is 0 Å². The van der Waals surface area contributed by atoms with Crippen molar-refractivity contribution in [2.75, 3.05) is 11.9 Å². The molecule has 0 aromatic heterocycles. The summed E-state index contributed by atoms with van der Waals surface area (Å²) in [5.74, 6) is -0.154. The summed E-state index contributed by atoms with van der Waals surface area (Å²) >= 11 is 0. The average molecular weight is 379 g/mol. The minimum absolute atomic E-state index is 0. The van der Waals surface area contributed by atoms with Gasteiger partial charge < -0.3 is 15.8 Å². The Morgan fingerprint density at radius 1 is 1.27 bits per heavy atom. The maximum absolute atomic E-state index is 13.5. The third-order valence-corrected chi connectivity index (χ3v) is 4.51. The largest absolute Gasteiger partial charge is 0.491 e. The number of rotatable bonds is 7. The predicted octanol–water partition coefficient (Wildman–Crippen LogP) is 4.31. The number of ether oxygens (including phenoxy) is 1. The Hall–Kier alpha value is -2.11. The van der Waals surface area contributed by atoms with Crippen LogP contribution in [0.5, 0.6) is 5.75 Å². The van der Waals surface area contributed by atoms with Crippen LogP contribution in [0.15, 0.2) is 48.5 Å². The molecule has 1 fully saturated rings. The molecule has 140 valence electrons. The van der Waals surface area contributed by atoms with Gasteiger partial charge in [0.1, 0.15) is 11.6 Å². The van der Waals surface area contributed by atoms with Crippen molar-refractivity contribution in [3.8, 4) is 5.75 Å². The van der Waals surface area contributed by atoms with E-state index in [0.29, 0.717) is 24.0 Å². The molecule has 1 amide bonds. The maximum atomic E-state index is 13.5. The molecule has 1 aliphatic carbocycles. The third kappa shape index (κ3) is 5.19. The number of hydrogen-bond acceptors (Lipinski definition) is 3. The van der Waals surface area contributed by atoms with E-state index in [4.69, 9.17) is 10.5 Å². The highest BCUT2D eigenvalue weighted by Crippen LogP contribution is 2.32. The number of anilines is 1. The van der Waals surface area contributed by atoms with Crippen LogP contribution < -0.4 is 15.8 Å². The Balaban J connectivity index is 0.00000243. The van der Waals surface area contributed by atoms with Crippen molar-refractivity contribution < 1.29 is 13.9 Å². The lowest BCUT2D eigenvalue weighted by molar-refractivity contribution is -0.120. The van der Waals surface area contributed by atoms with E-state index in [0.717, 1.165) is 18.4 Å². The molecule has 1 aliphatic rings. The highest BCUT2D eigenvalue weighted by molar-refractivity contribution is 5.94. The fraction of sp³-hybridized carbons (Fsp3) is 0.350. The summed E-state index contributed by atoms with van der Waals surface area (Å²) in [5, 5.41) is 2.82. The highest BCUT2D eigenvalue weighted by atomic mass is 35.5. The Morgan fingerprint density at radius 2 is 1.96 bits per heavy atom. The molecule has 26 heavy (non-hydrogen) atoms. The van der Waals surface area contributed by atoms with Crippen LogP contribution in [-0.4, -0.2) is 12.5 Å². The number of amides is 1. The number of nitrogens with two attached hydrogens (primary N) is 1. The van der Waals surface area contributed by atoms with E-state index in [1.54, 1.807) is 6.92 Å². The fourth-order valence-corrected chi connectivity index (χ4v) is 2.58. The summed E-state index contributed by atoms with van der Waals surface area (Å²) < 4.78 is 19.2. The summed E-state index contributed by atoms with van der Waals surface area (Å²) in [6.07, 6.45) is 2.28. The number of carbonyl (C=O) groups is 1. The van der Waals surface area contributed by atoms with Crippen LogP contribution in [0.4, 0.5) is 10.1 Å². The van der Waals surface area contributed by atoms with E-state index in [-0.39, 0.29) is 18.3 Å². The molecule has 0 radical (unpaired) electrons. The van der Waals surface area contributed by atoms with Crippen molar-refractivity contribution in [2.45, 2.75) is 25.8 Å². The summed E-state index contributed by atoms with van der Waals surface area (Å²) in [6.45, 7) is 2.33. The second kappa shape index (κ2) is 9.01. The first-order valence-electron chi connectivity index (χ1n) is 8.58. The number of nitrogens with one attached hydrogen (secondary N) is 1. The van der Waals surface area contributed by atoms with Crippen molar-refractivity contribution in [3.63, 3.8) is 0 Å². The van der Waals surface area contributed by atoms with Crippen LogP contribution in [0, 0.1) is 17.7 Å². The zero-order valence-corrected chi connectivity index (χ0v) is 15.5. The summed E-state index contributed by atoms with van der Waals surface area (Å²) in [7, 11) is 0. The van der Waals surface area contributed by atoms with Gasteiger partial charge in [-0.1, -0.05) is 37.3 Å². The number of benzene rings is 2. The molecular weight excluding hydrogens is 355 g/mol. The van der Waals surface area contributed by atoms with Gasteiger partial charge in [-0.05, 0) is 36.5 Å². The average Bonchev–Trinajstić information content (AvgIpc) is 3.45. The van der Waals surface area contributed by atoms with E-state index < -0.39 is 17.8 Å². The summed E-state index contributed by atoms with van der Waals surface area (Å²) in [5.41, 5.74) is 7.58. The quantitative estimate of drug-likeness (QED) is 0.754. The molecule has 2 aromatic carbocycles. The van der Waals surface area contributed by atoms with Gasteiger partial charge in [-0.3, -0.25) is 4.79 Å². The van der Waals surface area contributed by atoms with Crippen molar-refractivity contribution in [1.82, 2.24) is 0 Å². The Labute approximate surface area is 159 Å². The zero-order chi connectivity index (χ0) is 17.8. The van der Waals surface area contributed by atoms with Gasteiger partial charge in [-0.25, -0.2) is 4.39 Å². The van der Waals surface area contributed by atoms with Gasteiger partial charge >= 0.3 is 0 Å². The molecule has 4 nitrogen and oxygen atoms in total. The molecule has 2 aromatic rings. The first kappa shape index (κ1) is 20.2. The molecule has 3 N–H and O–H groups in total. The Morgan fingerprint density at radius 3 is 2.62 bits per heavy atom. The molecular formula is C20H24ClFN2O2. The first-order valence-corrected chi connectivity index (χ1v) is 8.58. The first-order chi connectivity index (χ1) is 12.0. The molecule has 0 saturated heterocycles. The van der Waals surface area contributed by atoms with E-state index in [2.05, 4.69) is 5.32 Å². The summed E-state index contributed by atoms with van der Waals surface area (Å²) in [4.78, 5) is 12.6. The van der Waals surface area contributed by atoms with E-state index in [1.807, 2.05) is 30.3 Å². The molecule has 1 saturated carbocycles. The van der Waals surface area contributed by atoms with Crippen molar-refractivity contribution in [1.29, 1.82) is 0 Å². The Bertz CT molecular complexity index is 738. The van der Waals surface area contributed by atoms with E-state index in [1.165, 1.54) is 18.2 Å². The molecule has 3 rings (SSSR count). The number of carbonyl (C=O) groups excluding carboxylic acids is 1. The highest BCUT2D eigenvalue weighted by Gasteiger charge is 2.25. The standard InChI is InChI=1S/C20H23FN2O2.ClH/c1-13(19(22)15-5-3-2-4-6-15)20(24)23-17-10-9-16(21)11-18(17)25-12-14-7-8-14;/h2-6,9-11,13-14,19H,7-8,12,22H2,1H3,(H,23,24);1H. The van der Waals surface area contributed by atoms with Gasteiger partial charge in [0.15, 0.2) is 0 Å². The second-order valence-electron chi connectivity index (χ2n) is 6.61. The SMILES string of the molecule is CC(C(=O)Nc1ccc(F)cc1OCC1CC1)C(N)c1ccccc1.Cl. The molecule has 0 spiro atoms. The Kier molecular flexibility index (Phi) is 7.00. The topological polar surface area (TPSA) is 64.3 Å². The fourth-order valence-electron chi connectivity index (χ4n) is 2.58. The van der Waals surface area contributed by atoms with Crippen LogP contribution in [-0.2, 0) is 4.79 Å². The number of halogens is 2. The minimum atomic E-state index is -0.441. The summed E-state index contributed by atoms with van der Waals surface area (Å²) in [6, 6.07) is 13.2. The van der Waals surface area contributed by atoms with Crippen molar-refractivity contribution >= 4 is 24.0 Å².